The lowest BCUT2D eigenvalue weighted by Gasteiger charge is -2.26. The minimum Gasteiger partial charge on any atom is -0.392 e. The summed E-state index contributed by atoms with van der Waals surface area (Å²) in [4.78, 5) is 0. The molecule has 0 saturated carbocycles. The van der Waals surface area contributed by atoms with E-state index in [2.05, 4.69) is 77.2 Å². The molecule has 25 heavy (non-hydrogen) atoms. The number of nitrogens with one attached hydrogen (secondary N) is 1. The molecule has 2 aromatic rings. The Balaban J connectivity index is 2.12. The normalized spacial score (nSPS) is 12.4. The van der Waals surface area contributed by atoms with Crippen LogP contribution >= 0.6 is 0 Å². The first kappa shape index (κ1) is 19.7. The summed E-state index contributed by atoms with van der Waals surface area (Å²) in [5.74, 6) is 0. The Hall–Kier alpha value is -1.64. The summed E-state index contributed by atoms with van der Waals surface area (Å²) in [6, 6.07) is 15.1. The first-order chi connectivity index (χ1) is 11.6. The monoisotopic (exact) mass is 339 g/mol. The standard InChI is InChI=1S/C23H33NO/c1-22(2,3)20-11-19(12-21(13-20)23(4,5)6)15-24-14-17-7-9-18(16-25)10-8-17/h7-13,24-25H,14-16H2,1-6H3. The van der Waals surface area contributed by atoms with Crippen molar-refractivity contribution in [2.24, 2.45) is 0 Å². The molecule has 0 unspecified atom stereocenters. The third kappa shape index (κ3) is 5.69. The summed E-state index contributed by atoms with van der Waals surface area (Å²) in [5.41, 5.74) is 6.61. The van der Waals surface area contributed by atoms with E-state index in [4.69, 9.17) is 5.11 Å². The zero-order valence-electron chi connectivity index (χ0n) is 16.6. The summed E-state index contributed by atoms with van der Waals surface area (Å²) in [6.07, 6.45) is 0. The number of rotatable bonds is 5. The molecule has 0 heterocycles. The predicted molar refractivity (Wildman–Crippen MR) is 107 cm³/mol. The van der Waals surface area contributed by atoms with Gasteiger partial charge >= 0.3 is 0 Å². The molecule has 2 rings (SSSR count). The number of hydrogen-bond donors (Lipinski definition) is 2. The largest absolute Gasteiger partial charge is 0.392 e. The Morgan fingerprint density at radius 3 is 1.56 bits per heavy atom. The third-order valence-electron chi connectivity index (χ3n) is 4.59. The SMILES string of the molecule is CC(C)(C)c1cc(CNCc2ccc(CO)cc2)cc(C(C)(C)C)c1. The number of benzene rings is 2. The van der Waals surface area contributed by atoms with Gasteiger partial charge in [-0.15, -0.1) is 0 Å². The fourth-order valence-corrected chi connectivity index (χ4v) is 2.77. The maximum absolute atomic E-state index is 9.12. The van der Waals surface area contributed by atoms with Gasteiger partial charge in [-0.2, -0.15) is 0 Å². The molecule has 0 saturated heterocycles. The van der Waals surface area contributed by atoms with E-state index in [0.29, 0.717) is 0 Å². The molecular formula is C23H33NO. The minimum absolute atomic E-state index is 0.100. The molecule has 0 amide bonds. The van der Waals surface area contributed by atoms with Crippen LogP contribution in [0.5, 0.6) is 0 Å². The topological polar surface area (TPSA) is 32.3 Å². The highest BCUT2D eigenvalue weighted by atomic mass is 16.3. The van der Waals surface area contributed by atoms with Crippen LogP contribution in [0.3, 0.4) is 0 Å². The van der Waals surface area contributed by atoms with Crippen molar-refractivity contribution in [2.75, 3.05) is 0 Å². The van der Waals surface area contributed by atoms with Gasteiger partial charge in [0.25, 0.3) is 0 Å². The summed E-state index contributed by atoms with van der Waals surface area (Å²) in [5, 5.41) is 12.7. The van der Waals surface area contributed by atoms with Crippen molar-refractivity contribution in [2.45, 2.75) is 72.1 Å². The molecule has 2 nitrogen and oxygen atoms in total. The van der Waals surface area contributed by atoms with E-state index in [1.807, 2.05) is 12.1 Å². The van der Waals surface area contributed by atoms with E-state index in [1.54, 1.807) is 0 Å². The number of aliphatic hydroxyl groups excluding tert-OH is 1. The van der Waals surface area contributed by atoms with Gasteiger partial charge < -0.3 is 10.4 Å². The van der Waals surface area contributed by atoms with Crippen LogP contribution in [0.2, 0.25) is 0 Å². The zero-order valence-corrected chi connectivity index (χ0v) is 16.6. The predicted octanol–water partition coefficient (Wildman–Crippen LogP) is 5.06. The van der Waals surface area contributed by atoms with Crippen molar-refractivity contribution in [3.63, 3.8) is 0 Å². The molecule has 0 aliphatic rings. The van der Waals surface area contributed by atoms with Crippen molar-refractivity contribution >= 4 is 0 Å². The Morgan fingerprint density at radius 1 is 0.680 bits per heavy atom. The minimum atomic E-state index is 0.100. The number of aliphatic hydroxyl groups is 1. The lowest BCUT2D eigenvalue weighted by atomic mass is 9.79. The van der Waals surface area contributed by atoms with E-state index in [0.717, 1.165) is 18.7 Å². The molecule has 0 atom stereocenters. The molecule has 136 valence electrons. The van der Waals surface area contributed by atoms with Gasteiger partial charge in [0, 0.05) is 13.1 Å². The van der Waals surface area contributed by atoms with Crippen molar-refractivity contribution < 1.29 is 5.11 Å². The fourth-order valence-electron chi connectivity index (χ4n) is 2.77. The van der Waals surface area contributed by atoms with Crippen molar-refractivity contribution in [1.29, 1.82) is 0 Å². The summed E-state index contributed by atoms with van der Waals surface area (Å²) < 4.78 is 0. The lowest BCUT2D eigenvalue weighted by Crippen LogP contribution is -2.19. The van der Waals surface area contributed by atoms with Crippen LogP contribution in [0.25, 0.3) is 0 Å². The Morgan fingerprint density at radius 2 is 1.12 bits per heavy atom. The first-order valence-corrected chi connectivity index (χ1v) is 9.14. The first-order valence-electron chi connectivity index (χ1n) is 9.14. The van der Waals surface area contributed by atoms with Crippen LogP contribution in [0.4, 0.5) is 0 Å². The van der Waals surface area contributed by atoms with E-state index >= 15 is 0 Å². The molecule has 2 aromatic carbocycles. The second kappa shape index (κ2) is 7.72. The lowest BCUT2D eigenvalue weighted by molar-refractivity contribution is 0.282. The zero-order chi connectivity index (χ0) is 18.7. The van der Waals surface area contributed by atoms with Crippen LogP contribution in [-0.4, -0.2) is 5.11 Å². The van der Waals surface area contributed by atoms with E-state index in [1.165, 1.54) is 22.3 Å². The molecule has 0 bridgehead atoms. The summed E-state index contributed by atoms with van der Waals surface area (Å²) >= 11 is 0. The Bertz CT molecular complexity index is 655. The maximum Gasteiger partial charge on any atom is 0.0681 e. The van der Waals surface area contributed by atoms with Crippen LogP contribution < -0.4 is 5.32 Å². The maximum atomic E-state index is 9.12. The van der Waals surface area contributed by atoms with E-state index < -0.39 is 0 Å². The number of hydrogen-bond acceptors (Lipinski definition) is 2. The van der Waals surface area contributed by atoms with Gasteiger partial charge in [-0.05, 0) is 38.6 Å². The Kier molecular flexibility index (Phi) is 6.08. The molecule has 0 fully saturated rings. The fraction of sp³-hybridized carbons (Fsp3) is 0.478. The van der Waals surface area contributed by atoms with E-state index in [9.17, 15) is 0 Å². The average Bonchev–Trinajstić information content (AvgIpc) is 2.53. The van der Waals surface area contributed by atoms with Crippen LogP contribution in [0.15, 0.2) is 42.5 Å². The third-order valence-corrected chi connectivity index (χ3v) is 4.59. The summed E-state index contributed by atoms with van der Waals surface area (Å²) in [7, 11) is 0. The highest BCUT2D eigenvalue weighted by molar-refractivity contribution is 5.37. The van der Waals surface area contributed by atoms with Gasteiger partial charge in [0.15, 0.2) is 0 Å². The van der Waals surface area contributed by atoms with Crippen LogP contribution in [-0.2, 0) is 30.5 Å². The molecule has 0 aromatic heterocycles. The van der Waals surface area contributed by atoms with E-state index in [-0.39, 0.29) is 17.4 Å². The molecule has 0 spiro atoms. The van der Waals surface area contributed by atoms with Gasteiger partial charge in [-0.25, -0.2) is 0 Å². The highest BCUT2D eigenvalue weighted by Crippen LogP contribution is 2.30. The van der Waals surface area contributed by atoms with Gasteiger partial charge in [0.2, 0.25) is 0 Å². The van der Waals surface area contributed by atoms with Crippen molar-refractivity contribution in [1.82, 2.24) is 5.32 Å². The second-order valence-electron chi connectivity index (χ2n) is 9.00. The van der Waals surface area contributed by atoms with Crippen molar-refractivity contribution in [3.05, 3.63) is 70.3 Å². The molecule has 2 heteroatoms. The summed E-state index contributed by atoms with van der Waals surface area (Å²) in [6.45, 7) is 15.4. The Labute approximate surface area is 153 Å². The second-order valence-corrected chi connectivity index (χ2v) is 9.00. The van der Waals surface area contributed by atoms with Gasteiger partial charge in [-0.1, -0.05) is 84.0 Å². The van der Waals surface area contributed by atoms with Crippen LogP contribution in [0.1, 0.15) is 69.4 Å². The van der Waals surface area contributed by atoms with Gasteiger partial charge in [-0.3, -0.25) is 0 Å². The molecule has 0 aliphatic heterocycles. The average molecular weight is 340 g/mol. The molecule has 0 radical (unpaired) electrons. The van der Waals surface area contributed by atoms with Gasteiger partial charge in [0.05, 0.1) is 6.61 Å². The molecule has 0 aliphatic carbocycles. The molecule has 2 N–H and O–H groups in total. The van der Waals surface area contributed by atoms with Gasteiger partial charge in [0.1, 0.15) is 0 Å². The smallest absolute Gasteiger partial charge is 0.0681 e. The van der Waals surface area contributed by atoms with Crippen molar-refractivity contribution in [3.8, 4) is 0 Å². The quantitative estimate of drug-likeness (QED) is 0.797. The van der Waals surface area contributed by atoms with Crippen LogP contribution in [0, 0.1) is 0 Å². The molecular weight excluding hydrogens is 306 g/mol. The highest BCUT2D eigenvalue weighted by Gasteiger charge is 2.20.